The maximum absolute atomic E-state index is 13.3. The van der Waals surface area contributed by atoms with Crippen molar-refractivity contribution in [3.8, 4) is 0 Å². The molecule has 1 aromatic carbocycles. The van der Waals surface area contributed by atoms with Gasteiger partial charge < -0.3 is 5.32 Å². The van der Waals surface area contributed by atoms with Crippen LogP contribution in [0.4, 0.5) is 4.39 Å². The molecule has 0 amide bonds. The molecular weight excluding hydrogens is 293 g/mol. The molecule has 0 saturated carbocycles. The lowest BCUT2D eigenvalue weighted by Crippen LogP contribution is -2.22. The Morgan fingerprint density at radius 1 is 1.26 bits per heavy atom. The summed E-state index contributed by atoms with van der Waals surface area (Å²) in [4.78, 5) is 16.7. The second-order valence-corrected chi connectivity index (χ2v) is 5.63. The third-order valence-corrected chi connectivity index (χ3v) is 3.88. The van der Waals surface area contributed by atoms with Gasteiger partial charge in [-0.15, -0.1) is 0 Å². The van der Waals surface area contributed by atoms with E-state index in [1.807, 2.05) is 32.0 Å². The summed E-state index contributed by atoms with van der Waals surface area (Å²) in [6, 6.07) is 11.7. The minimum Gasteiger partial charge on any atom is -0.305 e. The summed E-state index contributed by atoms with van der Waals surface area (Å²) in [6.45, 7) is 4.32. The maximum atomic E-state index is 13.3. The Balaban J connectivity index is 1.82. The zero-order valence-corrected chi connectivity index (χ0v) is 13.1. The largest absolute Gasteiger partial charge is 0.305 e. The number of nitrogens with one attached hydrogen (secondary N) is 1. The molecule has 118 valence electrons. The first-order chi connectivity index (χ1) is 11.0. The molecule has 5 heteroatoms. The van der Waals surface area contributed by atoms with E-state index >= 15 is 0 Å². The van der Waals surface area contributed by atoms with E-state index in [0.717, 1.165) is 11.1 Å². The van der Waals surface area contributed by atoms with E-state index in [1.165, 1.54) is 22.6 Å². The number of halogens is 1. The normalized spacial score (nSPS) is 12.5. The maximum Gasteiger partial charge on any atom is 0.258 e. The molecule has 0 aliphatic rings. The summed E-state index contributed by atoms with van der Waals surface area (Å²) in [6.07, 6.45) is 1.71. The number of nitrogens with zero attached hydrogens (tertiary/aromatic N) is 2. The van der Waals surface area contributed by atoms with Gasteiger partial charge in [-0.1, -0.05) is 18.2 Å². The Morgan fingerprint density at radius 2 is 2.09 bits per heavy atom. The van der Waals surface area contributed by atoms with Crippen molar-refractivity contribution >= 4 is 5.65 Å². The van der Waals surface area contributed by atoms with Crippen LogP contribution >= 0.6 is 0 Å². The lowest BCUT2D eigenvalue weighted by molar-refractivity contribution is 0.559. The van der Waals surface area contributed by atoms with Crippen LogP contribution in [0.1, 0.15) is 29.8 Å². The minimum absolute atomic E-state index is 0.0391. The van der Waals surface area contributed by atoms with Crippen LogP contribution in [0.15, 0.2) is 53.5 Å². The van der Waals surface area contributed by atoms with Gasteiger partial charge in [0, 0.05) is 24.8 Å². The van der Waals surface area contributed by atoms with Crippen LogP contribution in [0.2, 0.25) is 0 Å². The Bertz CT molecular complexity index is 904. The summed E-state index contributed by atoms with van der Waals surface area (Å²) in [5.74, 6) is -0.256. The Hall–Kier alpha value is -2.53. The average Bonchev–Trinajstić information content (AvgIpc) is 2.53. The van der Waals surface area contributed by atoms with Gasteiger partial charge in [0.2, 0.25) is 0 Å². The Labute approximate surface area is 133 Å². The number of aromatic nitrogens is 2. The SMILES string of the molecule is Cc1cccn2c(=O)cc(CN[C@@H](C)c3cccc(F)c3)nc12. The molecule has 0 radical (unpaired) electrons. The highest BCUT2D eigenvalue weighted by Crippen LogP contribution is 2.14. The molecule has 0 aliphatic heterocycles. The quantitative estimate of drug-likeness (QED) is 0.806. The summed E-state index contributed by atoms with van der Waals surface area (Å²) in [5.41, 5.74) is 3.04. The topological polar surface area (TPSA) is 46.4 Å². The molecule has 3 aromatic rings. The van der Waals surface area contributed by atoms with Crippen molar-refractivity contribution in [1.82, 2.24) is 14.7 Å². The van der Waals surface area contributed by atoms with E-state index in [9.17, 15) is 9.18 Å². The highest BCUT2D eigenvalue weighted by molar-refractivity contribution is 5.46. The van der Waals surface area contributed by atoms with E-state index < -0.39 is 0 Å². The van der Waals surface area contributed by atoms with Crippen molar-refractivity contribution in [1.29, 1.82) is 0 Å². The van der Waals surface area contributed by atoms with Crippen LogP contribution in [0.5, 0.6) is 0 Å². The molecule has 23 heavy (non-hydrogen) atoms. The molecule has 0 spiro atoms. The van der Waals surface area contributed by atoms with Crippen molar-refractivity contribution in [3.05, 3.63) is 81.7 Å². The highest BCUT2D eigenvalue weighted by Gasteiger charge is 2.08. The number of pyridine rings is 1. The zero-order valence-electron chi connectivity index (χ0n) is 13.1. The van der Waals surface area contributed by atoms with Crippen molar-refractivity contribution < 1.29 is 4.39 Å². The number of aryl methyl sites for hydroxylation is 1. The standard InChI is InChI=1S/C18H18FN3O/c1-12-5-4-8-22-17(23)10-16(21-18(12)22)11-20-13(2)14-6-3-7-15(19)9-14/h3-10,13,20H,11H2,1-2H3/t13-/m0/s1. The van der Waals surface area contributed by atoms with Gasteiger partial charge in [0.05, 0.1) is 5.69 Å². The van der Waals surface area contributed by atoms with Crippen molar-refractivity contribution in [3.63, 3.8) is 0 Å². The van der Waals surface area contributed by atoms with Gasteiger partial charge >= 0.3 is 0 Å². The first-order valence-electron chi connectivity index (χ1n) is 7.51. The van der Waals surface area contributed by atoms with E-state index in [0.29, 0.717) is 17.9 Å². The summed E-state index contributed by atoms with van der Waals surface area (Å²) < 4.78 is 14.8. The van der Waals surface area contributed by atoms with Crippen molar-refractivity contribution in [2.75, 3.05) is 0 Å². The number of benzene rings is 1. The smallest absolute Gasteiger partial charge is 0.258 e. The van der Waals surface area contributed by atoms with Crippen molar-refractivity contribution in [2.45, 2.75) is 26.4 Å². The lowest BCUT2D eigenvalue weighted by Gasteiger charge is -2.14. The van der Waals surface area contributed by atoms with Gasteiger partial charge in [-0.3, -0.25) is 9.20 Å². The summed E-state index contributed by atoms with van der Waals surface area (Å²) in [7, 11) is 0. The third-order valence-electron chi connectivity index (χ3n) is 3.88. The molecule has 4 nitrogen and oxygen atoms in total. The molecule has 1 N–H and O–H groups in total. The molecule has 1 atom stereocenters. The second-order valence-electron chi connectivity index (χ2n) is 5.63. The van der Waals surface area contributed by atoms with E-state index in [4.69, 9.17) is 0 Å². The van der Waals surface area contributed by atoms with E-state index in [2.05, 4.69) is 10.3 Å². The third kappa shape index (κ3) is 3.29. The first kappa shape index (κ1) is 15.4. The molecule has 0 saturated heterocycles. The van der Waals surface area contributed by atoms with Gasteiger partial charge in [0.25, 0.3) is 5.56 Å². The Morgan fingerprint density at radius 3 is 2.87 bits per heavy atom. The predicted octanol–water partition coefficient (Wildman–Crippen LogP) is 2.99. The highest BCUT2D eigenvalue weighted by atomic mass is 19.1. The second kappa shape index (κ2) is 6.30. The van der Waals surface area contributed by atoms with Crippen LogP contribution in [0.3, 0.4) is 0 Å². The lowest BCUT2D eigenvalue weighted by atomic mass is 10.1. The Kier molecular flexibility index (Phi) is 4.21. The number of fused-ring (bicyclic) bond motifs is 1. The number of hydrogen-bond donors (Lipinski definition) is 1. The molecule has 0 unspecified atom stereocenters. The molecule has 0 bridgehead atoms. The summed E-state index contributed by atoms with van der Waals surface area (Å²) >= 11 is 0. The first-order valence-corrected chi connectivity index (χ1v) is 7.51. The van der Waals surface area contributed by atoms with E-state index in [1.54, 1.807) is 12.3 Å². The zero-order chi connectivity index (χ0) is 16.4. The number of rotatable bonds is 4. The molecule has 3 rings (SSSR count). The van der Waals surface area contributed by atoms with Gasteiger partial charge in [0.1, 0.15) is 11.5 Å². The predicted molar refractivity (Wildman–Crippen MR) is 87.9 cm³/mol. The monoisotopic (exact) mass is 311 g/mol. The van der Waals surface area contributed by atoms with Gasteiger partial charge in [-0.05, 0) is 43.2 Å². The minimum atomic E-state index is -0.256. The van der Waals surface area contributed by atoms with Crippen LogP contribution in [-0.4, -0.2) is 9.38 Å². The average molecular weight is 311 g/mol. The van der Waals surface area contributed by atoms with Gasteiger partial charge in [-0.2, -0.15) is 0 Å². The van der Waals surface area contributed by atoms with Crippen LogP contribution < -0.4 is 10.9 Å². The van der Waals surface area contributed by atoms with Gasteiger partial charge in [-0.25, -0.2) is 9.37 Å². The van der Waals surface area contributed by atoms with Crippen LogP contribution in [0.25, 0.3) is 5.65 Å². The van der Waals surface area contributed by atoms with Crippen LogP contribution in [0, 0.1) is 12.7 Å². The van der Waals surface area contributed by atoms with E-state index in [-0.39, 0.29) is 17.4 Å². The molecule has 2 heterocycles. The fourth-order valence-corrected chi connectivity index (χ4v) is 2.55. The fraction of sp³-hybridized carbons (Fsp3) is 0.222. The molecule has 2 aromatic heterocycles. The molecular formula is C18H18FN3O. The molecule has 0 fully saturated rings. The van der Waals surface area contributed by atoms with Gasteiger partial charge in [0.15, 0.2) is 0 Å². The number of hydrogen-bond acceptors (Lipinski definition) is 3. The molecule has 0 aliphatic carbocycles. The van der Waals surface area contributed by atoms with Crippen LogP contribution in [-0.2, 0) is 6.54 Å². The summed E-state index contributed by atoms with van der Waals surface area (Å²) in [5, 5.41) is 3.28. The fourth-order valence-electron chi connectivity index (χ4n) is 2.55. The van der Waals surface area contributed by atoms with Crippen molar-refractivity contribution in [2.24, 2.45) is 0 Å².